The van der Waals surface area contributed by atoms with E-state index in [9.17, 15) is 8.42 Å². The Morgan fingerprint density at radius 1 is 1.48 bits per heavy atom. The van der Waals surface area contributed by atoms with Gasteiger partial charge in [0.2, 0.25) is 10.0 Å². The Balaban J connectivity index is 2.44. The van der Waals surface area contributed by atoms with Crippen molar-refractivity contribution in [3.8, 4) is 0 Å². The predicted octanol–water partition coefficient (Wildman–Crippen LogP) is 0.431. The van der Waals surface area contributed by atoms with E-state index in [0.717, 1.165) is 13.0 Å². The number of aromatic nitrogens is 1. The molecule has 2 rings (SSSR count). The van der Waals surface area contributed by atoms with Gasteiger partial charge in [-0.3, -0.25) is 4.98 Å². The van der Waals surface area contributed by atoms with Gasteiger partial charge in [0.25, 0.3) is 0 Å². The fraction of sp³-hybridized carbons (Fsp3) is 0.538. The fourth-order valence-corrected chi connectivity index (χ4v) is 4.66. The zero-order chi connectivity index (χ0) is 15.6. The highest BCUT2D eigenvalue weighted by Crippen LogP contribution is 2.23. The van der Waals surface area contributed by atoms with Gasteiger partial charge in [-0.25, -0.2) is 8.42 Å². The van der Waals surface area contributed by atoms with E-state index < -0.39 is 10.0 Å². The zero-order valence-corrected chi connectivity index (χ0v) is 13.8. The molecular weight excluding hydrogens is 308 g/mol. The van der Waals surface area contributed by atoms with Gasteiger partial charge < -0.3 is 10.6 Å². The summed E-state index contributed by atoms with van der Waals surface area (Å²) in [5.74, 6) is 0. The van der Waals surface area contributed by atoms with Gasteiger partial charge in [0.15, 0.2) is 0 Å². The van der Waals surface area contributed by atoms with E-state index in [2.05, 4.69) is 9.88 Å². The number of nitrogens with zero attached hydrogens (tertiary/aromatic N) is 3. The third-order valence-corrected chi connectivity index (χ3v) is 5.82. The number of hydrogen-bond donors (Lipinski definition) is 1. The maximum absolute atomic E-state index is 12.9. The van der Waals surface area contributed by atoms with Crippen molar-refractivity contribution >= 4 is 27.2 Å². The van der Waals surface area contributed by atoms with Crippen LogP contribution in [0.2, 0.25) is 0 Å². The summed E-state index contributed by atoms with van der Waals surface area (Å²) in [5.41, 5.74) is 5.77. The Kier molecular flexibility index (Phi) is 4.92. The van der Waals surface area contributed by atoms with Gasteiger partial charge in [0, 0.05) is 25.3 Å². The number of pyridine rings is 1. The van der Waals surface area contributed by atoms with E-state index in [1.54, 1.807) is 6.07 Å². The summed E-state index contributed by atoms with van der Waals surface area (Å²) < 4.78 is 27.4. The maximum atomic E-state index is 12.9. The summed E-state index contributed by atoms with van der Waals surface area (Å²) in [7, 11) is -1.66. The maximum Gasteiger partial charge on any atom is 0.245 e. The molecule has 1 aromatic rings. The molecule has 0 radical (unpaired) electrons. The normalized spacial score (nSPS) is 21.9. The van der Waals surface area contributed by atoms with Crippen LogP contribution in [0.3, 0.4) is 0 Å². The summed E-state index contributed by atoms with van der Waals surface area (Å²) in [6.45, 7) is 3.98. The Labute approximate surface area is 131 Å². The molecular formula is C13H20N4O2S2. The largest absolute Gasteiger partial charge is 0.388 e. The van der Waals surface area contributed by atoms with E-state index in [1.165, 1.54) is 16.6 Å². The van der Waals surface area contributed by atoms with Gasteiger partial charge in [-0.15, -0.1) is 0 Å². The number of hydrogen-bond acceptors (Lipinski definition) is 5. The second kappa shape index (κ2) is 6.35. The molecule has 0 aromatic carbocycles. The van der Waals surface area contributed by atoms with Crippen molar-refractivity contribution in [2.45, 2.75) is 24.3 Å². The molecule has 1 saturated heterocycles. The molecule has 2 N–H and O–H groups in total. The van der Waals surface area contributed by atoms with Crippen LogP contribution >= 0.6 is 12.2 Å². The summed E-state index contributed by atoms with van der Waals surface area (Å²) in [6, 6.07) is 2.99. The van der Waals surface area contributed by atoms with Crippen LogP contribution in [0.25, 0.3) is 0 Å². The van der Waals surface area contributed by atoms with Gasteiger partial charge in [0.05, 0.1) is 0 Å². The van der Waals surface area contributed by atoms with Gasteiger partial charge in [0.1, 0.15) is 15.6 Å². The van der Waals surface area contributed by atoms with E-state index >= 15 is 0 Å². The predicted molar refractivity (Wildman–Crippen MR) is 85.6 cm³/mol. The molecule has 1 unspecified atom stereocenters. The molecule has 21 heavy (non-hydrogen) atoms. The van der Waals surface area contributed by atoms with Gasteiger partial charge in [-0.1, -0.05) is 12.2 Å². The van der Waals surface area contributed by atoms with E-state index in [0.29, 0.717) is 13.1 Å². The Hall–Kier alpha value is -1.09. The van der Waals surface area contributed by atoms with Crippen molar-refractivity contribution in [1.29, 1.82) is 0 Å². The minimum absolute atomic E-state index is 0.00577. The van der Waals surface area contributed by atoms with Crippen molar-refractivity contribution in [1.82, 2.24) is 14.2 Å². The van der Waals surface area contributed by atoms with Crippen molar-refractivity contribution in [2.24, 2.45) is 5.73 Å². The molecule has 1 aliphatic heterocycles. The van der Waals surface area contributed by atoms with Crippen molar-refractivity contribution in [3.63, 3.8) is 0 Å². The molecule has 0 amide bonds. The molecule has 0 bridgehead atoms. The number of thiocarbonyl (C=S) groups is 1. The van der Waals surface area contributed by atoms with Crippen LogP contribution in [0, 0.1) is 0 Å². The lowest BCUT2D eigenvalue weighted by Crippen LogP contribution is -2.42. The van der Waals surface area contributed by atoms with Crippen LogP contribution < -0.4 is 5.73 Å². The van der Waals surface area contributed by atoms with Gasteiger partial charge >= 0.3 is 0 Å². The van der Waals surface area contributed by atoms with Gasteiger partial charge in [-0.2, -0.15) is 4.31 Å². The average molecular weight is 328 g/mol. The van der Waals surface area contributed by atoms with Crippen molar-refractivity contribution < 1.29 is 8.42 Å². The van der Waals surface area contributed by atoms with Crippen LogP contribution in [0.5, 0.6) is 0 Å². The SMILES string of the molecule is CC1CN(C)CCCN1S(=O)(=O)c1cccnc1C(N)=S. The highest BCUT2D eigenvalue weighted by atomic mass is 32.2. The lowest BCUT2D eigenvalue weighted by molar-refractivity contribution is 0.290. The smallest absolute Gasteiger partial charge is 0.245 e. The summed E-state index contributed by atoms with van der Waals surface area (Å²) in [6.07, 6.45) is 2.29. The first-order valence-corrected chi connectivity index (χ1v) is 8.64. The van der Waals surface area contributed by atoms with E-state index in [4.69, 9.17) is 18.0 Å². The van der Waals surface area contributed by atoms with Crippen LogP contribution in [-0.2, 0) is 10.0 Å². The van der Waals surface area contributed by atoms with Gasteiger partial charge in [-0.05, 0) is 39.1 Å². The minimum Gasteiger partial charge on any atom is -0.388 e. The standard InChI is InChI=1S/C13H20N4O2S2/c1-10-9-16(2)7-4-8-17(10)21(18,19)11-5-3-6-15-12(11)13(14)20/h3,5-6,10H,4,7-9H2,1-2H3,(H2,14,20). The Morgan fingerprint density at radius 3 is 2.86 bits per heavy atom. The van der Waals surface area contributed by atoms with E-state index in [1.807, 2.05) is 14.0 Å². The third kappa shape index (κ3) is 3.39. The van der Waals surface area contributed by atoms with E-state index in [-0.39, 0.29) is 21.6 Å². The molecule has 0 spiro atoms. The third-order valence-electron chi connectivity index (χ3n) is 3.58. The fourth-order valence-electron chi connectivity index (χ4n) is 2.62. The quantitative estimate of drug-likeness (QED) is 0.811. The van der Waals surface area contributed by atoms with Crippen molar-refractivity contribution in [3.05, 3.63) is 24.0 Å². The molecule has 1 aliphatic rings. The van der Waals surface area contributed by atoms with Crippen LogP contribution in [0.4, 0.5) is 0 Å². The van der Waals surface area contributed by atoms with Crippen LogP contribution in [-0.4, -0.2) is 60.3 Å². The summed E-state index contributed by atoms with van der Waals surface area (Å²) in [4.78, 5) is 6.24. The molecule has 1 fully saturated rings. The number of sulfonamides is 1. The highest BCUT2D eigenvalue weighted by Gasteiger charge is 2.33. The zero-order valence-electron chi connectivity index (χ0n) is 12.2. The number of nitrogens with two attached hydrogens (primary N) is 1. The second-order valence-corrected chi connectivity index (χ2v) is 7.59. The first-order valence-electron chi connectivity index (χ1n) is 6.79. The first-order chi connectivity index (χ1) is 9.84. The molecule has 0 saturated carbocycles. The molecule has 1 aromatic heterocycles. The highest BCUT2D eigenvalue weighted by molar-refractivity contribution is 7.89. The number of rotatable bonds is 3. The Morgan fingerprint density at radius 2 is 2.19 bits per heavy atom. The Bertz CT molecular complexity index is 633. The first kappa shape index (κ1) is 16.3. The lowest BCUT2D eigenvalue weighted by atomic mass is 10.3. The van der Waals surface area contributed by atoms with Crippen molar-refractivity contribution in [2.75, 3.05) is 26.7 Å². The monoisotopic (exact) mass is 328 g/mol. The summed E-state index contributed by atoms with van der Waals surface area (Å²) in [5, 5.41) is 0. The average Bonchev–Trinajstić information content (AvgIpc) is 2.59. The van der Waals surface area contributed by atoms with Crippen LogP contribution in [0.1, 0.15) is 19.0 Å². The molecule has 6 nitrogen and oxygen atoms in total. The second-order valence-electron chi connectivity index (χ2n) is 5.29. The lowest BCUT2D eigenvalue weighted by Gasteiger charge is -2.27. The molecule has 8 heteroatoms. The molecule has 116 valence electrons. The van der Waals surface area contributed by atoms with Crippen LogP contribution in [0.15, 0.2) is 23.2 Å². The minimum atomic E-state index is -3.66. The summed E-state index contributed by atoms with van der Waals surface area (Å²) >= 11 is 4.92. The topological polar surface area (TPSA) is 79.5 Å². The molecule has 1 atom stereocenters. The number of likely N-dealkylation sites (N-methyl/N-ethyl adjacent to an activating group) is 1. The molecule has 2 heterocycles. The molecule has 0 aliphatic carbocycles.